The molecule has 3 rings (SSSR count). The van der Waals surface area contributed by atoms with Crippen LogP contribution in [0, 0.1) is 5.92 Å². The molecule has 2 heterocycles. The summed E-state index contributed by atoms with van der Waals surface area (Å²) in [5, 5.41) is 5.83. The number of urea groups is 1. The monoisotopic (exact) mass is 395 g/mol. The van der Waals surface area contributed by atoms with E-state index in [4.69, 9.17) is 0 Å². The minimum absolute atomic E-state index is 0.0120. The number of anilines is 1. The standard InChI is InChI=1S/C22H29N5O2/c1-17(2)20(21(28)24-16-18-8-10-23-11-9-18)25-22(29)27-14-12-26(13-15-27)19-6-4-3-5-7-19/h3-11,17,20H,12-16H2,1-2H3,(H,24,28)(H,25,29)/t20-/m1/s1. The van der Waals surface area contributed by atoms with E-state index in [1.165, 1.54) is 5.69 Å². The minimum atomic E-state index is -0.573. The number of benzene rings is 1. The highest BCUT2D eigenvalue weighted by Crippen LogP contribution is 2.15. The SMILES string of the molecule is CC(C)[C@@H](NC(=O)N1CCN(c2ccccc2)CC1)C(=O)NCc1ccncc1. The van der Waals surface area contributed by atoms with Gasteiger partial charge in [-0.25, -0.2) is 4.79 Å². The molecule has 2 N–H and O–H groups in total. The van der Waals surface area contributed by atoms with Crippen molar-refractivity contribution in [3.8, 4) is 0 Å². The second-order valence-corrected chi connectivity index (χ2v) is 7.55. The van der Waals surface area contributed by atoms with Crippen LogP contribution in [-0.4, -0.2) is 54.0 Å². The molecule has 0 radical (unpaired) electrons. The average molecular weight is 396 g/mol. The van der Waals surface area contributed by atoms with Gasteiger partial charge in [0.15, 0.2) is 0 Å². The van der Waals surface area contributed by atoms with Crippen molar-refractivity contribution in [2.75, 3.05) is 31.1 Å². The number of para-hydroxylation sites is 1. The van der Waals surface area contributed by atoms with Gasteiger partial charge in [0.25, 0.3) is 0 Å². The van der Waals surface area contributed by atoms with Crippen molar-refractivity contribution in [2.24, 2.45) is 5.92 Å². The summed E-state index contributed by atoms with van der Waals surface area (Å²) in [6.07, 6.45) is 3.39. The smallest absolute Gasteiger partial charge is 0.318 e. The zero-order chi connectivity index (χ0) is 20.6. The van der Waals surface area contributed by atoms with E-state index in [0.717, 1.165) is 18.7 Å². The number of aromatic nitrogens is 1. The zero-order valence-corrected chi connectivity index (χ0v) is 17.0. The Bertz CT molecular complexity index is 789. The second kappa shape index (κ2) is 9.91. The van der Waals surface area contributed by atoms with E-state index in [1.54, 1.807) is 17.3 Å². The van der Waals surface area contributed by atoms with E-state index in [9.17, 15) is 9.59 Å². The van der Waals surface area contributed by atoms with Gasteiger partial charge in [0, 0.05) is 50.8 Å². The maximum Gasteiger partial charge on any atom is 0.318 e. The van der Waals surface area contributed by atoms with Crippen LogP contribution in [0.2, 0.25) is 0 Å². The molecule has 29 heavy (non-hydrogen) atoms. The van der Waals surface area contributed by atoms with Gasteiger partial charge in [-0.15, -0.1) is 0 Å². The molecule has 0 aliphatic carbocycles. The Hall–Kier alpha value is -3.09. The van der Waals surface area contributed by atoms with Crippen LogP contribution in [-0.2, 0) is 11.3 Å². The lowest BCUT2D eigenvalue weighted by atomic mass is 10.0. The van der Waals surface area contributed by atoms with E-state index in [0.29, 0.717) is 19.6 Å². The predicted octanol–water partition coefficient (Wildman–Crippen LogP) is 2.25. The fourth-order valence-electron chi connectivity index (χ4n) is 3.37. The summed E-state index contributed by atoms with van der Waals surface area (Å²) in [4.78, 5) is 33.4. The molecule has 1 aromatic heterocycles. The first kappa shape index (κ1) is 20.6. The summed E-state index contributed by atoms with van der Waals surface area (Å²) in [6, 6.07) is 13.2. The Morgan fingerprint density at radius 1 is 1.00 bits per heavy atom. The molecule has 3 amide bonds. The van der Waals surface area contributed by atoms with Crippen LogP contribution in [0.4, 0.5) is 10.5 Å². The molecule has 0 bridgehead atoms. The average Bonchev–Trinajstić information content (AvgIpc) is 2.77. The van der Waals surface area contributed by atoms with Gasteiger partial charge >= 0.3 is 6.03 Å². The van der Waals surface area contributed by atoms with Crippen molar-refractivity contribution in [1.29, 1.82) is 0 Å². The first-order valence-electron chi connectivity index (χ1n) is 10.1. The number of pyridine rings is 1. The van der Waals surface area contributed by atoms with Gasteiger partial charge in [-0.1, -0.05) is 32.0 Å². The van der Waals surface area contributed by atoms with Crippen LogP contribution >= 0.6 is 0 Å². The molecule has 1 aromatic carbocycles. The molecule has 1 aliphatic rings. The molecule has 1 atom stereocenters. The summed E-state index contributed by atoms with van der Waals surface area (Å²) in [5.74, 6) is -0.185. The quantitative estimate of drug-likeness (QED) is 0.787. The minimum Gasteiger partial charge on any atom is -0.368 e. The van der Waals surface area contributed by atoms with Crippen LogP contribution in [0.15, 0.2) is 54.9 Å². The number of hydrogen-bond acceptors (Lipinski definition) is 4. The molecule has 0 spiro atoms. The first-order chi connectivity index (χ1) is 14.0. The van der Waals surface area contributed by atoms with E-state index in [1.807, 2.05) is 44.2 Å². The summed E-state index contributed by atoms with van der Waals surface area (Å²) in [5.41, 5.74) is 2.14. The maximum absolute atomic E-state index is 12.7. The lowest BCUT2D eigenvalue weighted by molar-refractivity contribution is -0.124. The van der Waals surface area contributed by atoms with Gasteiger partial charge < -0.3 is 20.4 Å². The fraction of sp³-hybridized carbons (Fsp3) is 0.409. The number of amides is 3. The predicted molar refractivity (Wildman–Crippen MR) is 113 cm³/mol. The van der Waals surface area contributed by atoms with Gasteiger partial charge in [-0.3, -0.25) is 9.78 Å². The van der Waals surface area contributed by atoms with Crippen LogP contribution in [0.25, 0.3) is 0 Å². The van der Waals surface area contributed by atoms with E-state index >= 15 is 0 Å². The van der Waals surface area contributed by atoms with Crippen molar-refractivity contribution in [3.05, 3.63) is 60.4 Å². The largest absolute Gasteiger partial charge is 0.368 e. The molecular formula is C22H29N5O2. The molecule has 2 aromatic rings. The normalized spacial score (nSPS) is 15.1. The van der Waals surface area contributed by atoms with Crippen LogP contribution in [0.3, 0.4) is 0 Å². The Morgan fingerprint density at radius 2 is 1.66 bits per heavy atom. The fourth-order valence-corrected chi connectivity index (χ4v) is 3.37. The Morgan fingerprint density at radius 3 is 2.28 bits per heavy atom. The highest BCUT2D eigenvalue weighted by molar-refractivity contribution is 5.87. The van der Waals surface area contributed by atoms with Gasteiger partial charge in [-0.05, 0) is 35.7 Å². The van der Waals surface area contributed by atoms with Crippen molar-refractivity contribution < 1.29 is 9.59 Å². The summed E-state index contributed by atoms with van der Waals surface area (Å²) >= 11 is 0. The third kappa shape index (κ3) is 5.70. The van der Waals surface area contributed by atoms with Crippen LogP contribution in [0.5, 0.6) is 0 Å². The summed E-state index contributed by atoms with van der Waals surface area (Å²) in [7, 11) is 0. The molecule has 1 fully saturated rings. The zero-order valence-electron chi connectivity index (χ0n) is 17.0. The number of piperazine rings is 1. The third-order valence-corrected chi connectivity index (χ3v) is 5.13. The van der Waals surface area contributed by atoms with Crippen molar-refractivity contribution in [3.63, 3.8) is 0 Å². The molecule has 0 saturated carbocycles. The molecule has 0 unspecified atom stereocenters. The molecule has 7 heteroatoms. The van der Waals surface area contributed by atoms with Crippen LogP contribution < -0.4 is 15.5 Å². The molecule has 1 saturated heterocycles. The van der Waals surface area contributed by atoms with Crippen molar-refractivity contribution in [2.45, 2.75) is 26.4 Å². The maximum atomic E-state index is 12.7. The number of nitrogens with one attached hydrogen (secondary N) is 2. The highest BCUT2D eigenvalue weighted by Gasteiger charge is 2.28. The van der Waals surface area contributed by atoms with E-state index in [2.05, 4.69) is 32.7 Å². The van der Waals surface area contributed by atoms with Gasteiger partial charge in [-0.2, -0.15) is 0 Å². The number of nitrogens with zero attached hydrogens (tertiary/aromatic N) is 3. The Labute approximate surface area is 172 Å². The van der Waals surface area contributed by atoms with Gasteiger partial charge in [0.05, 0.1) is 0 Å². The number of hydrogen-bond donors (Lipinski definition) is 2. The second-order valence-electron chi connectivity index (χ2n) is 7.55. The third-order valence-electron chi connectivity index (χ3n) is 5.13. The van der Waals surface area contributed by atoms with Crippen molar-refractivity contribution >= 4 is 17.6 Å². The Balaban J connectivity index is 1.51. The number of carbonyl (C=O) groups excluding carboxylic acids is 2. The number of carbonyl (C=O) groups is 2. The van der Waals surface area contributed by atoms with Crippen LogP contribution in [0.1, 0.15) is 19.4 Å². The summed E-state index contributed by atoms with van der Waals surface area (Å²) < 4.78 is 0. The van der Waals surface area contributed by atoms with E-state index < -0.39 is 6.04 Å². The molecule has 154 valence electrons. The molecule has 1 aliphatic heterocycles. The first-order valence-corrected chi connectivity index (χ1v) is 10.1. The molecular weight excluding hydrogens is 366 g/mol. The Kier molecular flexibility index (Phi) is 7.05. The topological polar surface area (TPSA) is 77.6 Å². The van der Waals surface area contributed by atoms with E-state index in [-0.39, 0.29) is 17.9 Å². The number of rotatable bonds is 6. The van der Waals surface area contributed by atoms with Crippen molar-refractivity contribution in [1.82, 2.24) is 20.5 Å². The highest BCUT2D eigenvalue weighted by atomic mass is 16.2. The van der Waals surface area contributed by atoms with Gasteiger partial charge in [0.2, 0.25) is 5.91 Å². The summed E-state index contributed by atoms with van der Waals surface area (Å²) in [6.45, 7) is 7.09. The lowest BCUT2D eigenvalue weighted by Crippen LogP contribution is -2.57. The lowest BCUT2D eigenvalue weighted by Gasteiger charge is -2.37. The van der Waals surface area contributed by atoms with Gasteiger partial charge in [0.1, 0.15) is 6.04 Å². The molecule has 7 nitrogen and oxygen atoms in total.